The zero-order chi connectivity index (χ0) is 15.8. The van der Waals surface area contributed by atoms with Crippen LogP contribution >= 0.6 is 0 Å². The largest absolute Gasteiger partial charge is 0.358 e. The molecule has 112 valence electrons. The molecule has 0 aliphatic carbocycles. The van der Waals surface area contributed by atoms with Crippen LogP contribution in [0.3, 0.4) is 0 Å². The average Bonchev–Trinajstić information content (AvgIpc) is 2.51. The highest BCUT2D eigenvalue weighted by Crippen LogP contribution is 2.11. The van der Waals surface area contributed by atoms with Gasteiger partial charge in [0.2, 0.25) is 11.8 Å². The Morgan fingerprint density at radius 1 is 1.43 bits per heavy atom. The van der Waals surface area contributed by atoms with Crippen molar-refractivity contribution >= 4 is 17.5 Å². The molecule has 6 nitrogen and oxygen atoms in total. The number of hydrogen-bond donors (Lipinski definition) is 2. The molecule has 0 saturated carbocycles. The molecule has 0 fully saturated rings. The minimum Gasteiger partial charge on any atom is -0.358 e. The molecule has 1 atom stereocenters. The zero-order valence-corrected chi connectivity index (χ0v) is 12.5. The van der Waals surface area contributed by atoms with Gasteiger partial charge in [0.1, 0.15) is 0 Å². The zero-order valence-electron chi connectivity index (χ0n) is 12.5. The summed E-state index contributed by atoms with van der Waals surface area (Å²) in [6.45, 7) is 4.39. The highest BCUT2D eigenvalue weighted by atomic mass is 16.2. The van der Waals surface area contributed by atoms with Gasteiger partial charge < -0.3 is 10.6 Å². The monoisotopic (exact) mass is 288 g/mol. The molecule has 21 heavy (non-hydrogen) atoms. The number of amides is 2. The van der Waals surface area contributed by atoms with Crippen LogP contribution in [-0.4, -0.2) is 42.9 Å². The Kier molecular flexibility index (Phi) is 6.37. The number of carbonyl (C=O) groups excluding carboxylic acids is 2. The molecule has 6 heteroatoms. The molecule has 1 rings (SSSR count). The lowest BCUT2D eigenvalue weighted by atomic mass is 10.2. The fourth-order valence-electron chi connectivity index (χ4n) is 1.87. The number of likely N-dealkylation sites (N-methyl/N-ethyl adjacent to an activating group) is 2. The van der Waals surface area contributed by atoms with Gasteiger partial charge in [0.25, 0.3) is 0 Å². The number of carbonyl (C=O) groups is 2. The van der Waals surface area contributed by atoms with Crippen molar-refractivity contribution in [2.24, 2.45) is 0 Å². The number of hydrogen-bond acceptors (Lipinski definition) is 4. The number of rotatable bonds is 6. The first-order chi connectivity index (χ1) is 10.0. The summed E-state index contributed by atoms with van der Waals surface area (Å²) in [6, 6.07) is 8.29. The van der Waals surface area contributed by atoms with Crippen LogP contribution in [0.25, 0.3) is 0 Å². The lowest BCUT2D eigenvalue weighted by molar-refractivity contribution is -0.125. The van der Waals surface area contributed by atoms with Gasteiger partial charge in [-0.2, -0.15) is 5.26 Å². The first kappa shape index (κ1) is 16.7. The summed E-state index contributed by atoms with van der Waals surface area (Å²) < 4.78 is 0. The molecular formula is C15H20N4O2. The third-order valence-corrected chi connectivity index (χ3v) is 3.22. The molecule has 2 amide bonds. The Balaban J connectivity index is 2.72. The quantitative estimate of drug-likeness (QED) is 0.816. The van der Waals surface area contributed by atoms with Gasteiger partial charge in [0.05, 0.1) is 24.2 Å². The summed E-state index contributed by atoms with van der Waals surface area (Å²) in [5, 5.41) is 14.1. The van der Waals surface area contributed by atoms with Crippen LogP contribution in [-0.2, 0) is 9.59 Å². The summed E-state index contributed by atoms with van der Waals surface area (Å²) in [5.41, 5.74) is 1.06. The van der Waals surface area contributed by atoms with Gasteiger partial charge in [0.15, 0.2) is 0 Å². The summed E-state index contributed by atoms with van der Waals surface area (Å²) in [4.78, 5) is 25.4. The van der Waals surface area contributed by atoms with Crippen LogP contribution in [0, 0.1) is 11.3 Å². The second-order valence-electron chi connectivity index (χ2n) is 4.59. The van der Waals surface area contributed by atoms with E-state index in [2.05, 4.69) is 10.6 Å². The molecule has 1 unspecified atom stereocenters. The minimum absolute atomic E-state index is 0.136. The Bertz CT molecular complexity index is 551. The predicted octanol–water partition coefficient (Wildman–Crippen LogP) is 0.953. The normalized spacial score (nSPS) is 11.6. The van der Waals surface area contributed by atoms with E-state index in [9.17, 15) is 9.59 Å². The lowest BCUT2D eigenvalue weighted by Crippen LogP contribution is -2.46. The second kappa shape index (κ2) is 8.02. The first-order valence-corrected chi connectivity index (χ1v) is 6.77. The van der Waals surface area contributed by atoms with E-state index >= 15 is 0 Å². The van der Waals surface area contributed by atoms with Crippen molar-refractivity contribution in [3.05, 3.63) is 29.8 Å². The molecule has 1 aromatic rings. The molecule has 2 N–H and O–H groups in total. The van der Waals surface area contributed by atoms with Crippen LogP contribution in [0.4, 0.5) is 5.69 Å². The molecule has 0 heterocycles. The molecule has 0 spiro atoms. The summed E-state index contributed by atoms with van der Waals surface area (Å²) in [7, 11) is 1.56. The number of nitriles is 1. The lowest BCUT2D eigenvalue weighted by Gasteiger charge is -2.26. The van der Waals surface area contributed by atoms with E-state index in [1.807, 2.05) is 13.0 Å². The van der Waals surface area contributed by atoms with Crippen molar-refractivity contribution in [1.29, 1.82) is 5.26 Å². The number of nitrogens with zero attached hydrogens (tertiary/aromatic N) is 2. The number of anilines is 1. The molecule has 0 bridgehead atoms. The van der Waals surface area contributed by atoms with Crippen molar-refractivity contribution in [3.63, 3.8) is 0 Å². The Labute approximate surface area is 124 Å². The molecule has 0 aliphatic heterocycles. The first-order valence-electron chi connectivity index (χ1n) is 6.77. The molecular weight excluding hydrogens is 268 g/mol. The topological polar surface area (TPSA) is 85.2 Å². The highest BCUT2D eigenvalue weighted by Gasteiger charge is 2.21. The van der Waals surface area contributed by atoms with Crippen LogP contribution in [0.5, 0.6) is 0 Å². The number of nitrogens with one attached hydrogen (secondary N) is 2. The van der Waals surface area contributed by atoms with Gasteiger partial charge in [-0.05, 0) is 31.7 Å². The van der Waals surface area contributed by atoms with E-state index in [1.165, 1.54) is 0 Å². The molecule has 0 radical (unpaired) electrons. The molecule has 1 aromatic carbocycles. The average molecular weight is 288 g/mol. The summed E-state index contributed by atoms with van der Waals surface area (Å²) in [5.74, 6) is -0.348. The van der Waals surface area contributed by atoms with Crippen molar-refractivity contribution in [2.45, 2.75) is 19.9 Å². The Morgan fingerprint density at radius 3 is 2.71 bits per heavy atom. The van der Waals surface area contributed by atoms with E-state index < -0.39 is 6.04 Å². The van der Waals surface area contributed by atoms with Gasteiger partial charge in [-0.25, -0.2) is 0 Å². The van der Waals surface area contributed by atoms with E-state index in [4.69, 9.17) is 5.26 Å². The maximum atomic E-state index is 12.2. The third kappa shape index (κ3) is 4.89. The van der Waals surface area contributed by atoms with Crippen LogP contribution in [0.2, 0.25) is 0 Å². The summed E-state index contributed by atoms with van der Waals surface area (Å²) in [6.07, 6.45) is 0. The van der Waals surface area contributed by atoms with Crippen LogP contribution < -0.4 is 10.6 Å². The number of benzene rings is 1. The van der Waals surface area contributed by atoms with E-state index in [0.29, 0.717) is 17.8 Å². The van der Waals surface area contributed by atoms with E-state index in [1.54, 1.807) is 43.1 Å². The van der Waals surface area contributed by atoms with Gasteiger partial charge in [0, 0.05) is 12.7 Å². The standard InChI is InChI=1S/C15H20N4O2/c1-4-19(10-14(20)17-3)11(2)15(21)18-13-7-5-6-12(8-13)9-16/h5-8,11H,4,10H2,1-3H3,(H,17,20)(H,18,21). The van der Waals surface area contributed by atoms with Crippen molar-refractivity contribution in [2.75, 3.05) is 25.5 Å². The van der Waals surface area contributed by atoms with Gasteiger partial charge in [-0.15, -0.1) is 0 Å². The van der Waals surface area contributed by atoms with Crippen LogP contribution in [0.1, 0.15) is 19.4 Å². The molecule has 0 saturated heterocycles. The summed E-state index contributed by atoms with van der Waals surface area (Å²) >= 11 is 0. The molecule has 0 aromatic heterocycles. The maximum Gasteiger partial charge on any atom is 0.241 e. The SMILES string of the molecule is CCN(CC(=O)NC)C(C)C(=O)Nc1cccc(C#N)c1. The predicted molar refractivity (Wildman–Crippen MR) is 80.6 cm³/mol. The van der Waals surface area contributed by atoms with Crippen molar-refractivity contribution < 1.29 is 9.59 Å². The smallest absolute Gasteiger partial charge is 0.241 e. The van der Waals surface area contributed by atoms with Crippen molar-refractivity contribution in [1.82, 2.24) is 10.2 Å². The van der Waals surface area contributed by atoms with Crippen LogP contribution in [0.15, 0.2) is 24.3 Å². The fraction of sp³-hybridized carbons (Fsp3) is 0.400. The van der Waals surface area contributed by atoms with E-state index in [-0.39, 0.29) is 18.4 Å². The third-order valence-electron chi connectivity index (χ3n) is 3.22. The van der Waals surface area contributed by atoms with Crippen molar-refractivity contribution in [3.8, 4) is 6.07 Å². The van der Waals surface area contributed by atoms with Gasteiger partial charge >= 0.3 is 0 Å². The maximum absolute atomic E-state index is 12.2. The Hall–Kier alpha value is -2.39. The highest BCUT2D eigenvalue weighted by molar-refractivity contribution is 5.95. The van der Waals surface area contributed by atoms with Gasteiger partial charge in [-0.1, -0.05) is 13.0 Å². The van der Waals surface area contributed by atoms with E-state index in [0.717, 1.165) is 0 Å². The minimum atomic E-state index is -0.446. The fourth-order valence-corrected chi connectivity index (χ4v) is 1.87. The molecule has 0 aliphatic rings. The Morgan fingerprint density at radius 2 is 2.14 bits per heavy atom. The second-order valence-corrected chi connectivity index (χ2v) is 4.59. The van der Waals surface area contributed by atoms with Gasteiger partial charge in [-0.3, -0.25) is 14.5 Å².